The van der Waals surface area contributed by atoms with Crippen LogP contribution in [0.5, 0.6) is 0 Å². The second-order valence-corrected chi connectivity index (χ2v) is 5.59. The summed E-state index contributed by atoms with van der Waals surface area (Å²) in [6.45, 7) is 2.55. The summed E-state index contributed by atoms with van der Waals surface area (Å²) in [5.74, 6) is -0.276. The first-order valence-electron chi connectivity index (χ1n) is 7.58. The zero-order chi connectivity index (χ0) is 16.7. The van der Waals surface area contributed by atoms with Crippen LogP contribution in [0, 0.1) is 0 Å². The zero-order valence-electron chi connectivity index (χ0n) is 13.1. The van der Waals surface area contributed by atoms with E-state index in [1.54, 1.807) is 25.1 Å². The van der Waals surface area contributed by atoms with E-state index in [-0.39, 0.29) is 5.97 Å². The molecular formula is C18H21ClN2O2. The highest BCUT2D eigenvalue weighted by molar-refractivity contribution is 6.31. The third-order valence-electron chi connectivity index (χ3n) is 3.53. The number of nitrogens with two attached hydrogens (primary N) is 1. The largest absolute Gasteiger partial charge is 0.465 e. The molecule has 4 nitrogen and oxygen atoms in total. The predicted molar refractivity (Wildman–Crippen MR) is 93.3 cm³/mol. The van der Waals surface area contributed by atoms with Crippen molar-refractivity contribution in [3.63, 3.8) is 0 Å². The van der Waals surface area contributed by atoms with Crippen LogP contribution in [0.3, 0.4) is 0 Å². The van der Waals surface area contributed by atoms with Crippen molar-refractivity contribution in [1.29, 1.82) is 0 Å². The topological polar surface area (TPSA) is 64.3 Å². The van der Waals surface area contributed by atoms with Gasteiger partial charge < -0.3 is 10.5 Å². The van der Waals surface area contributed by atoms with Crippen molar-refractivity contribution in [2.24, 2.45) is 0 Å². The number of anilines is 1. The maximum absolute atomic E-state index is 12.2. The Balaban J connectivity index is 2.10. The Kier molecular flexibility index (Phi) is 6.44. The van der Waals surface area contributed by atoms with Crippen LogP contribution in [-0.4, -0.2) is 18.6 Å². The second kappa shape index (κ2) is 8.56. The van der Waals surface area contributed by atoms with Gasteiger partial charge in [0.1, 0.15) is 6.04 Å². The highest BCUT2D eigenvalue weighted by Crippen LogP contribution is 2.22. The first-order valence-corrected chi connectivity index (χ1v) is 7.96. The van der Waals surface area contributed by atoms with Gasteiger partial charge in [-0.2, -0.15) is 0 Å². The van der Waals surface area contributed by atoms with Gasteiger partial charge in [0.2, 0.25) is 0 Å². The van der Waals surface area contributed by atoms with Crippen molar-refractivity contribution in [3.05, 3.63) is 64.7 Å². The molecular weight excluding hydrogens is 312 g/mol. The van der Waals surface area contributed by atoms with Crippen molar-refractivity contribution in [3.8, 4) is 0 Å². The van der Waals surface area contributed by atoms with E-state index >= 15 is 0 Å². The molecule has 3 N–H and O–H groups in total. The Morgan fingerprint density at radius 2 is 1.96 bits per heavy atom. The second-order valence-electron chi connectivity index (χ2n) is 5.18. The number of hydrogen-bond acceptors (Lipinski definition) is 4. The molecule has 0 aliphatic carbocycles. The first-order chi connectivity index (χ1) is 11.1. The summed E-state index contributed by atoms with van der Waals surface area (Å²) < 4.78 is 5.16. The lowest BCUT2D eigenvalue weighted by atomic mass is 10.1. The molecule has 1 atom stereocenters. The summed E-state index contributed by atoms with van der Waals surface area (Å²) in [4.78, 5) is 12.2. The van der Waals surface area contributed by atoms with E-state index in [1.165, 1.54) is 0 Å². The Hall–Kier alpha value is -2.04. The average molecular weight is 333 g/mol. The van der Waals surface area contributed by atoms with Crippen LogP contribution in [0.1, 0.15) is 18.1 Å². The predicted octanol–water partition coefficient (Wildman–Crippen LogP) is 3.19. The molecule has 0 heterocycles. The molecule has 0 fully saturated rings. The Morgan fingerprint density at radius 1 is 1.22 bits per heavy atom. The van der Waals surface area contributed by atoms with Gasteiger partial charge in [-0.3, -0.25) is 10.1 Å². The van der Waals surface area contributed by atoms with Crippen LogP contribution in [-0.2, 0) is 22.5 Å². The maximum atomic E-state index is 12.2. The van der Waals surface area contributed by atoms with E-state index in [2.05, 4.69) is 5.32 Å². The van der Waals surface area contributed by atoms with Crippen LogP contribution in [0.25, 0.3) is 0 Å². The van der Waals surface area contributed by atoms with Crippen molar-refractivity contribution < 1.29 is 9.53 Å². The van der Waals surface area contributed by atoms with Gasteiger partial charge in [-0.05, 0) is 31.0 Å². The number of nitrogen functional groups attached to an aromatic ring is 1. The minimum atomic E-state index is -0.451. The van der Waals surface area contributed by atoms with Crippen LogP contribution in [0.4, 0.5) is 5.69 Å². The molecule has 2 aromatic rings. The van der Waals surface area contributed by atoms with E-state index < -0.39 is 6.04 Å². The van der Waals surface area contributed by atoms with Gasteiger partial charge in [0, 0.05) is 22.8 Å². The summed E-state index contributed by atoms with van der Waals surface area (Å²) in [6.07, 6.45) is 0.546. The van der Waals surface area contributed by atoms with Gasteiger partial charge >= 0.3 is 5.97 Å². The minimum absolute atomic E-state index is 0.276. The summed E-state index contributed by atoms with van der Waals surface area (Å²) in [5, 5.41) is 3.79. The van der Waals surface area contributed by atoms with Gasteiger partial charge in [-0.25, -0.2) is 0 Å². The number of rotatable bonds is 7. The molecule has 0 saturated heterocycles. The maximum Gasteiger partial charge on any atom is 0.323 e. The van der Waals surface area contributed by atoms with E-state index in [9.17, 15) is 4.79 Å². The fourth-order valence-electron chi connectivity index (χ4n) is 2.32. The van der Waals surface area contributed by atoms with Crippen molar-refractivity contribution in [2.75, 3.05) is 12.3 Å². The van der Waals surface area contributed by atoms with E-state index in [0.717, 1.165) is 11.1 Å². The smallest absolute Gasteiger partial charge is 0.323 e. The Morgan fingerprint density at radius 3 is 2.61 bits per heavy atom. The quantitative estimate of drug-likeness (QED) is 0.603. The van der Waals surface area contributed by atoms with Gasteiger partial charge in [-0.15, -0.1) is 0 Å². The average Bonchev–Trinajstić information content (AvgIpc) is 2.54. The van der Waals surface area contributed by atoms with Crippen LogP contribution in [0.15, 0.2) is 48.5 Å². The normalized spacial score (nSPS) is 11.9. The van der Waals surface area contributed by atoms with Crippen LogP contribution >= 0.6 is 11.6 Å². The molecule has 0 spiro atoms. The number of carbonyl (C=O) groups is 1. The van der Waals surface area contributed by atoms with Crippen molar-refractivity contribution in [1.82, 2.24) is 5.32 Å². The van der Waals surface area contributed by atoms with E-state index in [0.29, 0.717) is 30.3 Å². The van der Waals surface area contributed by atoms with Crippen LogP contribution < -0.4 is 11.1 Å². The molecule has 2 aromatic carbocycles. The summed E-state index contributed by atoms with van der Waals surface area (Å²) in [6, 6.07) is 14.7. The van der Waals surface area contributed by atoms with Gasteiger partial charge in [0.15, 0.2) is 0 Å². The lowest BCUT2D eigenvalue weighted by molar-refractivity contribution is -0.145. The summed E-state index contributed by atoms with van der Waals surface area (Å²) >= 11 is 6.18. The fourth-order valence-corrected chi connectivity index (χ4v) is 2.57. The highest BCUT2D eigenvalue weighted by Gasteiger charge is 2.20. The van der Waals surface area contributed by atoms with Crippen molar-refractivity contribution >= 4 is 23.3 Å². The Labute approximate surface area is 141 Å². The highest BCUT2D eigenvalue weighted by atomic mass is 35.5. The lowest BCUT2D eigenvalue weighted by Crippen LogP contribution is -2.39. The van der Waals surface area contributed by atoms with Crippen molar-refractivity contribution in [2.45, 2.75) is 25.9 Å². The Bertz CT molecular complexity index is 626. The fraction of sp³-hybridized carbons (Fsp3) is 0.278. The third kappa shape index (κ3) is 4.98. The molecule has 0 aromatic heterocycles. The number of carbonyl (C=O) groups excluding carboxylic acids is 1. The van der Waals surface area contributed by atoms with Crippen LogP contribution in [0.2, 0.25) is 5.02 Å². The summed E-state index contributed by atoms with van der Waals surface area (Å²) in [7, 11) is 0. The molecule has 5 heteroatoms. The SMILES string of the molecule is CCOC(=O)[C@@H](Cc1ccccc1)NCc1c(N)cccc1Cl. The molecule has 0 radical (unpaired) electrons. The molecule has 0 aliphatic heterocycles. The minimum Gasteiger partial charge on any atom is -0.465 e. The van der Waals surface area contributed by atoms with Gasteiger partial charge in [0.25, 0.3) is 0 Å². The molecule has 0 saturated carbocycles. The molecule has 122 valence electrons. The third-order valence-corrected chi connectivity index (χ3v) is 3.89. The first kappa shape index (κ1) is 17.3. The standard InChI is InChI=1S/C18H21ClN2O2/c1-2-23-18(22)17(11-13-7-4-3-5-8-13)21-12-14-15(19)9-6-10-16(14)20/h3-10,17,21H,2,11-12,20H2,1H3/t17-/m1/s1. The van der Waals surface area contributed by atoms with E-state index in [1.807, 2.05) is 30.3 Å². The molecule has 0 amide bonds. The van der Waals surface area contributed by atoms with Gasteiger partial charge in [0.05, 0.1) is 6.61 Å². The lowest BCUT2D eigenvalue weighted by Gasteiger charge is -2.18. The molecule has 0 unspecified atom stereocenters. The number of nitrogens with one attached hydrogen (secondary N) is 1. The summed E-state index contributed by atoms with van der Waals surface area (Å²) in [5.41, 5.74) is 8.41. The number of ether oxygens (including phenoxy) is 1. The number of hydrogen-bond donors (Lipinski definition) is 2. The number of benzene rings is 2. The molecule has 0 bridgehead atoms. The zero-order valence-corrected chi connectivity index (χ0v) is 13.8. The monoisotopic (exact) mass is 332 g/mol. The number of esters is 1. The molecule has 0 aliphatic rings. The number of halogens is 1. The van der Waals surface area contributed by atoms with E-state index in [4.69, 9.17) is 22.1 Å². The molecule has 2 rings (SSSR count). The van der Waals surface area contributed by atoms with Gasteiger partial charge in [-0.1, -0.05) is 48.0 Å². The molecule has 23 heavy (non-hydrogen) atoms.